The second kappa shape index (κ2) is 14.0. The Hall–Kier alpha value is -0.0151. The molecular formula is C14H31BO2. The highest BCUT2D eigenvalue weighted by atomic mass is 16.4. The summed E-state index contributed by atoms with van der Waals surface area (Å²) in [7, 11) is -1.10. The molecule has 0 aliphatic carbocycles. The molecular weight excluding hydrogens is 211 g/mol. The van der Waals surface area contributed by atoms with Crippen LogP contribution in [0, 0.1) is 0 Å². The van der Waals surface area contributed by atoms with E-state index in [0.29, 0.717) is 6.32 Å². The summed E-state index contributed by atoms with van der Waals surface area (Å²) < 4.78 is 0. The van der Waals surface area contributed by atoms with E-state index < -0.39 is 7.12 Å². The smallest absolute Gasteiger partial charge is 0.427 e. The van der Waals surface area contributed by atoms with E-state index in [-0.39, 0.29) is 0 Å². The summed E-state index contributed by atoms with van der Waals surface area (Å²) in [5, 5.41) is 17.3. The molecule has 0 aromatic carbocycles. The van der Waals surface area contributed by atoms with Gasteiger partial charge in [0.1, 0.15) is 0 Å². The van der Waals surface area contributed by atoms with E-state index in [9.17, 15) is 0 Å². The van der Waals surface area contributed by atoms with Crippen LogP contribution in [0.3, 0.4) is 0 Å². The van der Waals surface area contributed by atoms with Crippen molar-refractivity contribution in [3.05, 3.63) is 0 Å². The Kier molecular flexibility index (Phi) is 14.0. The molecule has 0 heterocycles. The molecule has 0 saturated heterocycles. The van der Waals surface area contributed by atoms with Crippen LogP contribution < -0.4 is 0 Å². The lowest BCUT2D eigenvalue weighted by Crippen LogP contribution is -2.09. The molecule has 0 bridgehead atoms. The second-order valence-electron chi connectivity index (χ2n) is 5.16. The lowest BCUT2D eigenvalue weighted by molar-refractivity contribution is 0.401. The van der Waals surface area contributed by atoms with Gasteiger partial charge in [-0.2, -0.15) is 0 Å². The zero-order valence-electron chi connectivity index (χ0n) is 11.7. The van der Waals surface area contributed by atoms with E-state index in [1.165, 1.54) is 64.2 Å². The van der Waals surface area contributed by atoms with E-state index >= 15 is 0 Å². The second-order valence-corrected chi connectivity index (χ2v) is 5.16. The van der Waals surface area contributed by atoms with Crippen molar-refractivity contribution in [2.75, 3.05) is 0 Å². The topological polar surface area (TPSA) is 40.5 Å². The maximum absolute atomic E-state index is 8.67. The van der Waals surface area contributed by atoms with Gasteiger partial charge in [-0.3, -0.25) is 0 Å². The highest BCUT2D eigenvalue weighted by molar-refractivity contribution is 6.40. The molecule has 3 heteroatoms. The molecule has 0 amide bonds. The zero-order valence-corrected chi connectivity index (χ0v) is 11.7. The molecule has 0 saturated carbocycles. The molecule has 0 atom stereocenters. The lowest BCUT2D eigenvalue weighted by atomic mass is 9.83. The standard InChI is InChI=1S/C14H31BO2/c1-2-3-4-5-6-7-8-9-10-11-12-13-14-15(16)17/h16-17H,2-14H2,1H3. The van der Waals surface area contributed by atoms with Crippen LogP contribution in [-0.2, 0) is 0 Å². The Labute approximate surface area is 108 Å². The minimum Gasteiger partial charge on any atom is -0.427 e. The molecule has 0 aromatic heterocycles. The van der Waals surface area contributed by atoms with Crippen molar-refractivity contribution in [3.63, 3.8) is 0 Å². The first-order chi connectivity index (χ1) is 8.27. The van der Waals surface area contributed by atoms with Crippen LogP contribution >= 0.6 is 0 Å². The molecule has 0 rings (SSSR count). The molecule has 0 aliphatic heterocycles. The Bertz CT molecular complexity index is 140. The highest BCUT2D eigenvalue weighted by Gasteiger charge is 2.04. The van der Waals surface area contributed by atoms with Crippen molar-refractivity contribution in [2.24, 2.45) is 0 Å². The fourth-order valence-corrected chi connectivity index (χ4v) is 2.17. The lowest BCUT2D eigenvalue weighted by Gasteiger charge is -2.02. The molecule has 17 heavy (non-hydrogen) atoms. The van der Waals surface area contributed by atoms with E-state index in [4.69, 9.17) is 10.0 Å². The van der Waals surface area contributed by atoms with Crippen LogP contribution in [0.4, 0.5) is 0 Å². The Morgan fingerprint density at radius 3 is 1.29 bits per heavy atom. The van der Waals surface area contributed by atoms with E-state index in [0.717, 1.165) is 12.8 Å². The van der Waals surface area contributed by atoms with Crippen molar-refractivity contribution in [3.8, 4) is 0 Å². The minimum atomic E-state index is -1.10. The molecule has 0 spiro atoms. The van der Waals surface area contributed by atoms with Crippen molar-refractivity contribution >= 4 is 7.12 Å². The molecule has 0 aliphatic rings. The third-order valence-electron chi connectivity index (χ3n) is 3.32. The summed E-state index contributed by atoms with van der Waals surface area (Å²) >= 11 is 0. The molecule has 2 nitrogen and oxygen atoms in total. The fraction of sp³-hybridized carbons (Fsp3) is 1.00. The van der Waals surface area contributed by atoms with Crippen LogP contribution in [0.25, 0.3) is 0 Å². The van der Waals surface area contributed by atoms with Gasteiger partial charge >= 0.3 is 7.12 Å². The molecule has 0 aromatic rings. The summed E-state index contributed by atoms with van der Waals surface area (Å²) in [6.45, 7) is 2.26. The molecule has 0 unspecified atom stereocenters. The van der Waals surface area contributed by atoms with Crippen LogP contribution in [0.15, 0.2) is 0 Å². The SMILES string of the molecule is CCCCCCCCCCCCCCB(O)O. The van der Waals surface area contributed by atoms with Crippen LogP contribution in [0.2, 0.25) is 6.32 Å². The average molecular weight is 242 g/mol. The molecule has 102 valence electrons. The van der Waals surface area contributed by atoms with Gasteiger partial charge in [0.05, 0.1) is 0 Å². The van der Waals surface area contributed by atoms with Gasteiger partial charge in [0, 0.05) is 0 Å². The first-order valence-electron chi connectivity index (χ1n) is 7.63. The van der Waals surface area contributed by atoms with Gasteiger partial charge in [-0.15, -0.1) is 0 Å². The zero-order chi connectivity index (χ0) is 12.8. The summed E-state index contributed by atoms with van der Waals surface area (Å²) in [6.07, 6.45) is 16.3. The summed E-state index contributed by atoms with van der Waals surface area (Å²) in [4.78, 5) is 0. The molecule has 0 radical (unpaired) electrons. The molecule has 0 fully saturated rings. The fourth-order valence-electron chi connectivity index (χ4n) is 2.17. The van der Waals surface area contributed by atoms with Gasteiger partial charge < -0.3 is 10.0 Å². The largest absolute Gasteiger partial charge is 0.451 e. The number of hydrogen-bond donors (Lipinski definition) is 2. The minimum absolute atomic E-state index is 0.539. The number of rotatable bonds is 13. The Balaban J connectivity index is 2.89. The summed E-state index contributed by atoms with van der Waals surface area (Å²) in [6, 6.07) is 0. The van der Waals surface area contributed by atoms with E-state index in [1.807, 2.05) is 0 Å². The van der Waals surface area contributed by atoms with Crippen LogP contribution in [0.1, 0.15) is 84.0 Å². The number of unbranched alkanes of at least 4 members (excludes halogenated alkanes) is 11. The van der Waals surface area contributed by atoms with E-state index in [1.54, 1.807) is 0 Å². The Morgan fingerprint density at radius 1 is 0.588 bits per heavy atom. The summed E-state index contributed by atoms with van der Waals surface area (Å²) in [5.41, 5.74) is 0. The molecule has 2 N–H and O–H groups in total. The predicted molar refractivity (Wildman–Crippen MR) is 76.1 cm³/mol. The maximum Gasteiger partial charge on any atom is 0.451 e. The predicted octanol–water partition coefficient (Wildman–Crippen LogP) is 4.16. The van der Waals surface area contributed by atoms with Gasteiger partial charge in [-0.1, -0.05) is 84.0 Å². The normalized spacial score (nSPS) is 10.8. The summed E-state index contributed by atoms with van der Waals surface area (Å²) in [5.74, 6) is 0. The monoisotopic (exact) mass is 242 g/mol. The number of hydrogen-bond acceptors (Lipinski definition) is 2. The van der Waals surface area contributed by atoms with Crippen LogP contribution in [0.5, 0.6) is 0 Å². The first-order valence-corrected chi connectivity index (χ1v) is 7.63. The van der Waals surface area contributed by atoms with Crippen LogP contribution in [-0.4, -0.2) is 17.2 Å². The van der Waals surface area contributed by atoms with Crippen molar-refractivity contribution in [1.29, 1.82) is 0 Å². The van der Waals surface area contributed by atoms with Crippen molar-refractivity contribution < 1.29 is 10.0 Å². The Morgan fingerprint density at radius 2 is 0.941 bits per heavy atom. The maximum atomic E-state index is 8.67. The third-order valence-corrected chi connectivity index (χ3v) is 3.32. The van der Waals surface area contributed by atoms with Gasteiger partial charge in [0.15, 0.2) is 0 Å². The van der Waals surface area contributed by atoms with Crippen molar-refractivity contribution in [1.82, 2.24) is 0 Å². The van der Waals surface area contributed by atoms with Gasteiger partial charge in [0.25, 0.3) is 0 Å². The van der Waals surface area contributed by atoms with E-state index in [2.05, 4.69) is 6.92 Å². The third kappa shape index (κ3) is 16.0. The highest BCUT2D eigenvalue weighted by Crippen LogP contribution is 2.12. The average Bonchev–Trinajstić information content (AvgIpc) is 2.30. The first kappa shape index (κ1) is 17.0. The van der Waals surface area contributed by atoms with Gasteiger partial charge in [0.2, 0.25) is 0 Å². The quantitative estimate of drug-likeness (QED) is 0.376. The van der Waals surface area contributed by atoms with Gasteiger partial charge in [-0.25, -0.2) is 0 Å². The van der Waals surface area contributed by atoms with Crippen molar-refractivity contribution in [2.45, 2.75) is 90.3 Å². The van der Waals surface area contributed by atoms with Gasteiger partial charge in [-0.05, 0) is 6.32 Å².